The Morgan fingerprint density at radius 3 is 3.05 bits per heavy atom. The Bertz CT molecular complexity index is 566. The van der Waals surface area contributed by atoms with Crippen molar-refractivity contribution >= 4 is 28.9 Å². The number of thiophene rings is 1. The van der Waals surface area contributed by atoms with Crippen molar-refractivity contribution in [2.24, 2.45) is 11.7 Å². The van der Waals surface area contributed by atoms with Crippen molar-refractivity contribution in [3.63, 3.8) is 0 Å². The molecule has 3 heterocycles. The van der Waals surface area contributed by atoms with Crippen molar-refractivity contribution < 1.29 is 0 Å². The summed E-state index contributed by atoms with van der Waals surface area (Å²) in [6, 6.07) is 4.00. The van der Waals surface area contributed by atoms with E-state index in [9.17, 15) is 0 Å². The maximum absolute atomic E-state index is 6.10. The number of H-pyrrole nitrogens is 1. The summed E-state index contributed by atoms with van der Waals surface area (Å²) in [7, 11) is 0. The van der Waals surface area contributed by atoms with E-state index < -0.39 is 0 Å². The number of halogens is 1. The van der Waals surface area contributed by atoms with Gasteiger partial charge in [-0.05, 0) is 24.5 Å². The molecular formula is C12H16ClN5S. The first-order valence-corrected chi connectivity index (χ1v) is 7.51. The molecule has 19 heavy (non-hydrogen) atoms. The van der Waals surface area contributed by atoms with E-state index in [2.05, 4.69) is 27.0 Å². The summed E-state index contributed by atoms with van der Waals surface area (Å²) >= 11 is 7.42. The minimum atomic E-state index is 0.187. The summed E-state index contributed by atoms with van der Waals surface area (Å²) in [4.78, 5) is 7.67. The van der Waals surface area contributed by atoms with Gasteiger partial charge in [-0.1, -0.05) is 18.5 Å². The normalized spacial score (nSPS) is 23.8. The van der Waals surface area contributed by atoms with E-state index in [0.717, 1.165) is 40.5 Å². The van der Waals surface area contributed by atoms with Gasteiger partial charge in [0.1, 0.15) is 0 Å². The molecule has 0 amide bonds. The topological polar surface area (TPSA) is 70.8 Å². The highest BCUT2D eigenvalue weighted by Gasteiger charge is 2.25. The van der Waals surface area contributed by atoms with Gasteiger partial charge in [-0.3, -0.25) is 5.10 Å². The van der Waals surface area contributed by atoms with E-state index in [1.807, 2.05) is 12.1 Å². The molecule has 2 atom stereocenters. The van der Waals surface area contributed by atoms with Crippen molar-refractivity contribution in [1.29, 1.82) is 0 Å². The number of rotatable bonds is 2. The Hall–Kier alpha value is -1.11. The third-order valence-corrected chi connectivity index (χ3v) is 4.82. The fourth-order valence-electron chi connectivity index (χ4n) is 2.23. The van der Waals surface area contributed by atoms with E-state index >= 15 is 0 Å². The average molecular weight is 298 g/mol. The lowest BCUT2D eigenvalue weighted by atomic mass is 9.95. The highest BCUT2D eigenvalue weighted by molar-refractivity contribution is 7.19. The summed E-state index contributed by atoms with van der Waals surface area (Å²) in [5.41, 5.74) is 6.10. The van der Waals surface area contributed by atoms with Gasteiger partial charge in [-0.15, -0.1) is 16.4 Å². The SMILES string of the molecule is CC1CCN(c2n[nH]c(-c3ccc(Cl)s3)n2)CC1N. The van der Waals surface area contributed by atoms with Gasteiger partial charge in [0.25, 0.3) is 0 Å². The van der Waals surface area contributed by atoms with E-state index in [4.69, 9.17) is 17.3 Å². The molecule has 0 spiro atoms. The molecule has 102 valence electrons. The molecule has 0 bridgehead atoms. The largest absolute Gasteiger partial charge is 0.338 e. The van der Waals surface area contributed by atoms with Crippen LogP contribution < -0.4 is 10.6 Å². The lowest BCUT2D eigenvalue weighted by molar-refractivity contribution is 0.376. The van der Waals surface area contributed by atoms with E-state index in [1.165, 1.54) is 11.3 Å². The highest BCUT2D eigenvalue weighted by atomic mass is 35.5. The molecule has 3 rings (SSSR count). The van der Waals surface area contributed by atoms with Crippen molar-refractivity contribution in [3.05, 3.63) is 16.5 Å². The van der Waals surface area contributed by atoms with Crippen LogP contribution in [0.2, 0.25) is 4.34 Å². The second-order valence-corrected chi connectivity index (χ2v) is 6.68. The van der Waals surface area contributed by atoms with Crippen LogP contribution in [-0.4, -0.2) is 34.3 Å². The summed E-state index contributed by atoms with van der Waals surface area (Å²) in [5.74, 6) is 2.05. The van der Waals surface area contributed by atoms with Crippen LogP contribution in [0.5, 0.6) is 0 Å². The summed E-state index contributed by atoms with van der Waals surface area (Å²) in [6.45, 7) is 3.96. The van der Waals surface area contributed by atoms with Crippen LogP contribution in [0.3, 0.4) is 0 Å². The first-order chi connectivity index (χ1) is 9.13. The van der Waals surface area contributed by atoms with Crippen LogP contribution in [0.4, 0.5) is 5.95 Å². The van der Waals surface area contributed by atoms with Crippen LogP contribution in [-0.2, 0) is 0 Å². The Morgan fingerprint density at radius 1 is 1.53 bits per heavy atom. The second kappa shape index (κ2) is 5.11. The molecule has 1 saturated heterocycles. The van der Waals surface area contributed by atoms with Gasteiger partial charge < -0.3 is 10.6 Å². The molecule has 0 saturated carbocycles. The molecular weight excluding hydrogens is 282 g/mol. The van der Waals surface area contributed by atoms with Gasteiger partial charge in [0.05, 0.1) is 9.21 Å². The van der Waals surface area contributed by atoms with Gasteiger partial charge in [-0.25, -0.2) is 0 Å². The van der Waals surface area contributed by atoms with Crippen molar-refractivity contribution in [1.82, 2.24) is 15.2 Å². The molecule has 2 aromatic rings. The number of hydrogen-bond donors (Lipinski definition) is 2. The molecule has 0 aliphatic carbocycles. The van der Waals surface area contributed by atoms with Crippen molar-refractivity contribution in [2.45, 2.75) is 19.4 Å². The molecule has 3 N–H and O–H groups in total. The van der Waals surface area contributed by atoms with Gasteiger partial charge in [0.15, 0.2) is 5.82 Å². The third kappa shape index (κ3) is 2.61. The number of hydrogen-bond acceptors (Lipinski definition) is 5. The minimum absolute atomic E-state index is 0.187. The molecule has 5 nitrogen and oxygen atoms in total. The maximum atomic E-state index is 6.10. The van der Waals surface area contributed by atoms with Gasteiger partial charge in [0, 0.05) is 19.1 Å². The summed E-state index contributed by atoms with van der Waals surface area (Å²) in [5, 5.41) is 7.25. The third-order valence-electron chi connectivity index (χ3n) is 3.58. The van der Waals surface area contributed by atoms with Crippen molar-refractivity contribution in [2.75, 3.05) is 18.0 Å². The molecule has 1 aliphatic heterocycles. The number of nitrogens with zero attached hydrogens (tertiary/aromatic N) is 3. The predicted molar refractivity (Wildman–Crippen MR) is 78.7 cm³/mol. The zero-order valence-electron chi connectivity index (χ0n) is 10.6. The monoisotopic (exact) mass is 297 g/mol. The Kier molecular flexibility index (Phi) is 3.47. The summed E-state index contributed by atoms with van der Waals surface area (Å²) < 4.78 is 0.752. The van der Waals surface area contributed by atoms with E-state index in [0.29, 0.717) is 5.92 Å². The van der Waals surface area contributed by atoms with Gasteiger partial charge in [-0.2, -0.15) is 4.98 Å². The second-order valence-electron chi connectivity index (χ2n) is 4.96. The maximum Gasteiger partial charge on any atom is 0.245 e. The zero-order chi connectivity index (χ0) is 13.4. The number of aromatic nitrogens is 3. The molecule has 1 fully saturated rings. The predicted octanol–water partition coefficient (Wildman–Crippen LogP) is 2.36. The van der Waals surface area contributed by atoms with Crippen LogP contribution in [0.15, 0.2) is 12.1 Å². The molecule has 7 heteroatoms. The van der Waals surface area contributed by atoms with Crippen LogP contribution in [0.1, 0.15) is 13.3 Å². The highest BCUT2D eigenvalue weighted by Crippen LogP contribution is 2.29. The molecule has 2 aromatic heterocycles. The van der Waals surface area contributed by atoms with Crippen LogP contribution >= 0.6 is 22.9 Å². The Labute approximate surface area is 120 Å². The quantitative estimate of drug-likeness (QED) is 0.893. The molecule has 1 aliphatic rings. The number of piperidine rings is 1. The lowest BCUT2D eigenvalue weighted by Gasteiger charge is -2.34. The fourth-order valence-corrected chi connectivity index (χ4v) is 3.21. The standard InChI is InChI=1S/C12H16ClN5S/c1-7-4-5-18(6-8(7)14)12-15-11(16-17-12)9-2-3-10(13)19-9/h2-3,7-8H,4-6,14H2,1H3,(H,15,16,17). The minimum Gasteiger partial charge on any atom is -0.338 e. The number of aromatic amines is 1. The van der Waals surface area contributed by atoms with E-state index in [1.54, 1.807) is 0 Å². The van der Waals surface area contributed by atoms with Gasteiger partial charge in [0.2, 0.25) is 5.95 Å². The summed E-state index contributed by atoms with van der Waals surface area (Å²) in [6.07, 6.45) is 1.08. The molecule has 0 radical (unpaired) electrons. The number of anilines is 1. The molecule has 2 unspecified atom stereocenters. The molecule has 0 aromatic carbocycles. The number of nitrogens with two attached hydrogens (primary N) is 1. The van der Waals surface area contributed by atoms with Crippen LogP contribution in [0, 0.1) is 5.92 Å². The Balaban J connectivity index is 1.78. The van der Waals surface area contributed by atoms with E-state index in [-0.39, 0.29) is 6.04 Å². The fraction of sp³-hybridized carbons (Fsp3) is 0.500. The number of nitrogens with one attached hydrogen (secondary N) is 1. The van der Waals surface area contributed by atoms with Crippen LogP contribution in [0.25, 0.3) is 10.7 Å². The average Bonchev–Trinajstić information content (AvgIpc) is 3.01. The first kappa shape index (κ1) is 12.9. The van der Waals surface area contributed by atoms with Crippen molar-refractivity contribution in [3.8, 4) is 10.7 Å². The lowest BCUT2D eigenvalue weighted by Crippen LogP contribution is -2.48. The Morgan fingerprint density at radius 2 is 2.37 bits per heavy atom. The zero-order valence-corrected chi connectivity index (χ0v) is 12.2. The first-order valence-electron chi connectivity index (χ1n) is 6.32. The smallest absolute Gasteiger partial charge is 0.245 e. The van der Waals surface area contributed by atoms with Gasteiger partial charge >= 0.3 is 0 Å².